The second kappa shape index (κ2) is 12.7. The van der Waals surface area contributed by atoms with Gasteiger partial charge in [0.1, 0.15) is 18.2 Å². The van der Waals surface area contributed by atoms with Crippen molar-refractivity contribution in [1.82, 2.24) is 5.32 Å². The van der Waals surface area contributed by atoms with E-state index in [4.69, 9.17) is 5.11 Å². The first-order valence-electron chi connectivity index (χ1n) is 9.61. The molecule has 164 valence electrons. The number of benzene rings is 2. The maximum Gasteiger partial charge on any atom is 0.321 e. The number of hydrogen-bond acceptors (Lipinski definition) is 6. The average molecular weight is 418 g/mol. The molecule has 7 N–H and O–H groups in total. The van der Waals surface area contributed by atoms with Gasteiger partial charge in [-0.3, -0.25) is 10.1 Å². The van der Waals surface area contributed by atoms with E-state index < -0.39 is 42.7 Å². The van der Waals surface area contributed by atoms with E-state index in [0.29, 0.717) is 5.56 Å². The van der Waals surface area contributed by atoms with Gasteiger partial charge in [0.05, 0.1) is 6.10 Å². The minimum Gasteiger partial charge on any atom is -0.550 e. The smallest absolute Gasteiger partial charge is 0.321 e. The van der Waals surface area contributed by atoms with Crippen LogP contribution >= 0.6 is 0 Å². The zero-order chi connectivity index (χ0) is 22.7. The molecule has 0 heterocycles. The average Bonchev–Trinajstić information content (AvgIpc) is 2.73. The Morgan fingerprint density at radius 1 is 0.933 bits per heavy atom. The topological polar surface area (TPSA) is 158 Å². The number of aliphatic carboxylic acids is 2. The first-order valence-corrected chi connectivity index (χ1v) is 9.61. The van der Waals surface area contributed by atoms with Crippen LogP contribution in [0.2, 0.25) is 0 Å². The maximum atomic E-state index is 10.9. The molecular weight excluding hydrogens is 388 g/mol. The molecule has 2 rings (SSSR count). The molecule has 30 heavy (non-hydrogen) atoms. The molecule has 5 unspecified atom stereocenters. The van der Waals surface area contributed by atoms with Gasteiger partial charge in [-0.05, 0) is 25.0 Å². The lowest BCUT2D eigenvalue weighted by Crippen LogP contribution is -2.61. The van der Waals surface area contributed by atoms with Crippen molar-refractivity contribution in [2.45, 2.75) is 50.6 Å². The second-order valence-electron chi connectivity index (χ2n) is 7.11. The SMILES string of the molecule is CC(NC(CC(=O)[O-])C(=O)O)C(O)c1ccccc1.CC([NH3+])C(O)c1ccccc1. The van der Waals surface area contributed by atoms with Crippen LogP contribution in [0, 0.1) is 0 Å². The van der Waals surface area contributed by atoms with Gasteiger partial charge >= 0.3 is 5.97 Å². The lowest BCUT2D eigenvalue weighted by Gasteiger charge is -2.24. The van der Waals surface area contributed by atoms with Gasteiger partial charge in [0, 0.05) is 18.4 Å². The van der Waals surface area contributed by atoms with Gasteiger partial charge in [-0.1, -0.05) is 60.7 Å². The number of carbonyl (C=O) groups excluding carboxylic acids is 1. The van der Waals surface area contributed by atoms with Crippen molar-refractivity contribution in [3.05, 3.63) is 71.8 Å². The molecule has 2 aromatic carbocycles. The molecule has 0 radical (unpaired) electrons. The zero-order valence-electron chi connectivity index (χ0n) is 17.1. The zero-order valence-corrected chi connectivity index (χ0v) is 17.1. The number of aliphatic hydroxyl groups is 2. The normalized spacial score (nSPS) is 15.6. The fourth-order valence-corrected chi connectivity index (χ4v) is 2.71. The van der Waals surface area contributed by atoms with E-state index in [1.165, 1.54) is 0 Å². The fraction of sp³-hybridized carbons (Fsp3) is 0.364. The van der Waals surface area contributed by atoms with Crippen LogP contribution < -0.4 is 16.2 Å². The van der Waals surface area contributed by atoms with Crippen LogP contribution in [-0.4, -0.2) is 45.4 Å². The van der Waals surface area contributed by atoms with E-state index >= 15 is 0 Å². The van der Waals surface area contributed by atoms with Crippen LogP contribution in [0.4, 0.5) is 0 Å². The molecule has 8 nitrogen and oxygen atoms in total. The van der Waals surface area contributed by atoms with Crippen molar-refractivity contribution < 1.29 is 35.7 Å². The monoisotopic (exact) mass is 418 g/mol. The number of carboxylic acid groups (broad SMARTS) is 2. The molecule has 0 aromatic heterocycles. The van der Waals surface area contributed by atoms with Crippen LogP contribution in [0.1, 0.15) is 43.6 Å². The molecule has 0 aliphatic rings. The standard InChI is InChI=1S/C13H17NO5.C9H13NO/c1-8(12(17)9-5-3-2-4-6-9)14-10(13(18)19)7-11(15)16;1-7(10)9(11)8-5-3-2-4-6-8/h2-6,8,10,12,14,17H,7H2,1H3,(H,15,16)(H,18,19);2-7,9,11H,10H2,1H3. The second-order valence-corrected chi connectivity index (χ2v) is 7.11. The van der Waals surface area contributed by atoms with Crippen molar-refractivity contribution in [2.75, 3.05) is 0 Å². The van der Waals surface area contributed by atoms with Crippen molar-refractivity contribution >= 4 is 11.9 Å². The summed E-state index contributed by atoms with van der Waals surface area (Å²) < 4.78 is 0. The summed E-state index contributed by atoms with van der Waals surface area (Å²) in [6.45, 7) is 3.49. The van der Waals surface area contributed by atoms with E-state index in [1.807, 2.05) is 37.3 Å². The van der Waals surface area contributed by atoms with Gasteiger partial charge in [0.2, 0.25) is 0 Å². The molecule has 0 aliphatic heterocycles. The molecule has 0 amide bonds. The number of hydrogen-bond donors (Lipinski definition) is 5. The van der Waals surface area contributed by atoms with Crippen molar-refractivity contribution in [1.29, 1.82) is 0 Å². The molecule has 0 saturated carbocycles. The third-order valence-electron chi connectivity index (χ3n) is 4.43. The highest BCUT2D eigenvalue weighted by molar-refractivity contribution is 5.79. The van der Waals surface area contributed by atoms with Crippen molar-refractivity contribution in [2.24, 2.45) is 0 Å². The summed E-state index contributed by atoms with van der Waals surface area (Å²) in [5.41, 5.74) is 5.33. The minimum atomic E-state index is -1.46. The summed E-state index contributed by atoms with van der Waals surface area (Å²) in [6, 6.07) is 16.4. The first-order chi connectivity index (χ1) is 14.1. The highest BCUT2D eigenvalue weighted by Gasteiger charge is 2.24. The van der Waals surface area contributed by atoms with Gasteiger partial charge in [-0.2, -0.15) is 0 Å². The van der Waals surface area contributed by atoms with Gasteiger partial charge in [0.15, 0.2) is 0 Å². The molecule has 0 spiro atoms. The Morgan fingerprint density at radius 3 is 1.73 bits per heavy atom. The Balaban J connectivity index is 0.000000346. The summed E-state index contributed by atoms with van der Waals surface area (Å²) in [7, 11) is 0. The lowest BCUT2D eigenvalue weighted by molar-refractivity contribution is -0.433. The quantitative estimate of drug-likeness (QED) is 0.372. The van der Waals surface area contributed by atoms with Gasteiger partial charge in [0.25, 0.3) is 0 Å². The third kappa shape index (κ3) is 8.71. The molecular formula is C22H30N2O6. The van der Waals surface area contributed by atoms with Crippen LogP contribution in [0.3, 0.4) is 0 Å². The Bertz CT molecular complexity index is 770. The van der Waals surface area contributed by atoms with Gasteiger partial charge < -0.3 is 31.0 Å². The molecule has 0 fully saturated rings. The van der Waals surface area contributed by atoms with Gasteiger partial charge in [-0.25, -0.2) is 0 Å². The predicted molar refractivity (Wildman–Crippen MR) is 109 cm³/mol. The Hall–Kier alpha value is -2.78. The highest BCUT2D eigenvalue weighted by Crippen LogP contribution is 2.17. The number of carbonyl (C=O) groups is 2. The number of aliphatic hydroxyl groups excluding tert-OH is 2. The predicted octanol–water partition coefficient (Wildman–Crippen LogP) is -0.358. The Morgan fingerprint density at radius 2 is 1.37 bits per heavy atom. The molecule has 0 bridgehead atoms. The largest absolute Gasteiger partial charge is 0.550 e. The van der Waals surface area contributed by atoms with Crippen molar-refractivity contribution in [3.8, 4) is 0 Å². The number of quaternary nitrogens is 1. The minimum absolute atomic E-state index is 0.0393. The molecule has 0 aliphatic carbocycles. The lowest BCUT2D eigenvalue weighted by atomic mass is 10.0. The highest BCUT2D eigenvalue weighted by atomic mass is 16.4. The van der Waals surface area contributed by atoms with E-state index in [0.717, 1.165) is 5.56 Å². The summed E-state index contributed by atoms with van der Waals surface area (Å²) in [6.07, 6.45) is -2.01. The molecule has 2 aromatic rings. The van der Waals surface area contributed by atoms with Crippen LogP contribution in [0.25, 0.3) is 0 Å². The number of rotatable bonds is 9. The summed E-state index contributed by atoms with van der Waals surface area (Å²) in [5, 5.41) is 41.5. The van der Waals surface area contributed by atoms with E-state index in [1.54, 1.807) is 37.3 Å². The van der Waals surface area contributed by atoms with Crippen LogP contribution in [0.15, 0.2) is 60.7 Å². The maximum absolute atomic E-state index is 10.9. The van der Waals surface area contributed by atoms with Gasteiger partial charge in [-0.15, -0.1) is 0 Å². The summed E-state index contributed by atoms with van der Waals surface area (Å²) in [5.74, 6) is -2.75. The van der Waals surface area contributed by atoms with Crippen LogP contribution in [0.5, 0.6) is 0 Å². The Kier molecular flexibility index (Phi) is 10.7. The number of nitrogens with one attached hydrogen (secondary N) is 1. The van der Waals surface area contributed by atoms with Crippen LogP contribution in [-0.2, 0) is 9.59 Å². The first kappa shape index (κ1) is 25.3. The third-order valence-corrected chi connectivity index (χ3v) is 4.43. The van der Waals surface area contributed by atoms with Crippen molar-refractivity contribution in [3.63, 3.8) is 0 Å². The number of carboxylic acids is 2. The summed E-state index contributed by atoms with van der Waals surface area (Å²) >= 11 is 0. The molecule has 5 atom stereocenters. The van der Waals surface area contributed by atoms with E-state index in [2.05, 4.69) is 11.1 Å². The molecule has 8 heteroatoms. The van der Waals surface area contributed by atoms with E-state index in [9.17, 15) is 24.9 Å². The fourth-order valence-electron chi connectivity index (χ4n) is 2.71. The Labute approximate surface area is 176 Å². The molecule has 0 saturated heterocycles. The summed E-state index contributed by atoms with van der Waals surface area (Å²) in [4.78, 5) is 21.4. The van der Waals surface area contributed by atoms with E-state index in [-0.39, 0.29) is 6.04 Å².